The van der Waals surface area contributed by atoms with Gasteiger partial charge in [-0.2, -0.15) is 0 Å². The first-order valence-corrected chi connectivity index (χ1v) is 9.01. The standard InChI is InChI=1S/C18H20N2O2S/c1-13-3-5-15(6-4-13)23(21,22)16-7-8-18-17(11-16)14(9-10-19)12-20(18)2/h3-8,11-12H,9-10,19H2,1-2H3. The molecule has 0 saturated heterocycles. The average Bonchev–Trinajstić information content (AvgIpc) is 2.84. The summed E-state index contributed by atoms with van der Waals surface area (Å²) in [6.45, 7) is 2.47. The molecule has 4 nitrogen and oxygen atoms in total. The molecule has 0 unspecified atom stereocenters. The summed E-state index contributed by atoms with van der Waals surface area (Å²) in [6.07, 6.45) is 2.74. The highest BCUT2D eigenvalue weighted by molar-refractivity contribution is 7.91. The zero-order valence-electron chi connectivity index (χ0n) is 13.3. The van der Waals surface area contributed by atoms with Crippen LogP contribution in [-0.2, 0) is 23.3 Å². The summed E-state index contributed by atoms with van der Waals surface area (Å²) in [5, 5.41) is 0.950. The first-order valence-electron chi connectivity index (χ1n) is 7.53. The van der Waals surface area contributed by atoms with E-state index >= 15 is 0 Å². The number of sulfone groups is 1. The van der Waals surface area contributed by atoms with Crippen LogP contribution in [0.3, 0.4) is 0 Å². The highest BCUT2D eigenvalue weighted by Gasteiger charge is 2.19. The summed E-state index contributed by atoms with van der Waals surface area (Å²) in [6, 6.07) is 12.2. The Labute approximate surface area is 136 Å². The van der Waals surface area contributed by atoms with E-state index in [9.17, 15) is 8.42 Å². The zero-order chi connectivity index (χ0) is 16.6. The molecule has 3 rings (SSSR count). The third-order valence-electron chi connectivity index (χ3n) is 4.10. The van der Waals surface area contributed by atoms with E-state index in [0.717, 1.165) is 28.5 Å². The van der Waals surface area contributed by atoms with Crippen molar-refractivity contribution in [3.8, 4) is 0 Å². The second kappa shape index (κ2) is 5.83. The van der Waals surface area contributed by atoms with Crippen LogP contribution in [0.2, 0.25) is 0 Å². The van der Waals surface area contributed by atoms with Gasteiger partial charge in [0.2, 0.25) is 9.84 Å². The van der Waals surface area contributed by atoms with E-state index in [-0.39, 0.29) is 0 Å². The van der Waals surface area contributed by atoms with Crippen molar-refractivity contribution in [2.75, 3.05) is 6.54 Å². The number of nitrogens with two attached hydrogens (primary N) is 1. The number of aromatic nitrogens is 1. The Kier molecular flexibility index (Phi) is 4.00. The molecule has 120 valence electrons. The average molecular weight is 328 g/mol. The third kappa shape index (κ3) is 2.78. The van der Waals surface area contributed by atoms with Crippen molar-refractivity contribution >= 4 is 20.7 Å². The van der Waals surface area contributed by atoms with Gasteiger partial charge in [-0.15, -0.1) is 0 Å². The number of benzene rings is 2. The van der Waals surface area contributed by atoms with Gasteiger partial charge >= 0.3 is 0 Å². The van der Waals surface area contributed by atoms with Gasteiger partial charge in [0.15, 0.2) is 0 Å². The lowest BCUT2D eigenvalue weighted by atomic mass is 10.1. The maximum Gasteiger partial charge on any atom is 0.206 e. The molecule has 0 atom stereocenters. The molecule has 0 bridgehead atoms. The van der Waals surface area contributed by atoms with Crippen LogP contribution in [0, 0.1) is 6.92 Å². The van der Waals surface area contributed by atoms with Crippen molar-refractivity contribution in [1.82, 2.24) is 4.57 Å². The lowest BCUT2D eigenvalue weighted by molar-refractivity contribution is 0.596. The van der Waals surface area contributed by atoms with Gasteiger partial charge in [0.05, 0.1) is 9.79 Å². The van der Waals surface area contributed by atoms with Crippen LogP contribution in [0.5, 0.6) is 0 Å². The number of hydrogen-bond acceptors (Lipinski definition) is 3. The van der Waals surface area contributed by atoms with Gasteiger partial charge in [-0.3, -0.25) is 0 Å². The first-order chi connectivity index (χ1) is 10.9. The summed E-state index contributed by atoms with van der Waals surface area (Å²) in [5.74, 6) is 0. The Morgan fingerprint density at radius 3 is 2.35 bits per heavy atom. The normalized spacial score (nSPS) is 12.0. The molecule has 0 fully saturated rings. The Balaban J connectivity index is 2.16. The second-order valence-electron chi connectivity index (χ2n) is 5.80. The third-order valence-corrected chi connectivity index (χ3v) is 5.87. The van der Waals surface area contributed by atoms with Crippen LogP contribution in [0.15, 0.2) is 58.5 Å². The van der Waals surface area contributed by atoms with Gasteiger partial charge in [0, 0.05) is 24.1 Å². The summed E-state index contributed by atoms with van der Waals surface area (Å²) in [5.41, 5.74) is 8.78. The minimum atomic E-state index is -3.51. The van der Waals surface area contributed by atoms with Crippen molar-refractivity contribution in [2.24, 2.45) is 12.8 Å². The molecule has 23 heavy (non-hydrogen) atoms. The van der Waals surface area contributed by atoms with E-state index in [1.807, 2.05) is 42.9 Å². The minimum Gasteiger partial charge on any atom is -0.350 e. The number of nitrogens with zero attached hydrogens (tertiary/aromatic N) is 1. The van der Waals surface area contributed by atoms with E-state index in [2.05, 4.69) is 0 Å². The molecule has 2 N–H and O–H groups in total. The summed E-state index contributed by atoms with van der Waals surface area (Å²) >= 11 is 0. The molecule has 2 aromatic carbocycles. The highest BCUT2D eigenvalue weighted by atomic mass is 32.2. The van der Waals surface area contributed by atoms with E-state index in [0.29, 0.717) is 16.3 Å². The molecule has 0 spiro atoms. The van der Waals surface area contributed by atoms with Crippen molar-refractivity contribution in [3.63, 3.8) is 0 Å². The molecule has 1 aromatic heterocycles. The maximum atomic E-state index is 12.8. The van der Waals surface area contributed by atoms with Gasteiger partial charge in [0.1, 0.15) is 0 Å². The maximum absolute atomic E-state index is 12.8. The SMILES string of the molecule is Cc1ccc(S(=O)(=O)c2ccc3c(c2)c(CCN)cn3C)cc1. The number of hydrogen-bond donors (Lipinski definition) is 1. The Hall–Kier alpha value is -2.11. The number of rotatable bonds is 4. The molecular formula is C18H20N2O2S. The summed E-state index contributed by atoms with van der Waals surface area (Å²) < 4.78 is 27.7. The van der Waals surface area contributed by atoms with Gasteiger partial charge in [-0.05, 0) is 55.8 Å². The van der Waals surface area contributed by atoms with Crippen LogP contribution in [0.1, 0.15) is 11.1 Å². The van der Waals surface area contributed by atoms with E-state index in [1.54, 1.807) is 24.3 Å². The monoisotopic (exact) mass is 328 g/mol. The van der Waals surface area contributed by atoms with E-state index in [1.165, 1.54) is 0 Å². The molecule has 0 aliphatic rings. The summed E-state index contributed by atoms with van der Waals surface area (Å²) in [7, 11) is -1.56. The van der Waals surface area contributed by atoms with Crippen LogP contribution in [0.4, 0.5) is 0 Å². The second-order valence-corrected chi connectivity index (χ2v) is 7.75. The molecule has 0 saturated carbocycles. The Morgan fingerprint density at radius 1 is 1.04 bits per heavy atom. The minimum absolute atomic E-state index is 0.318. The molecule has 0 aliphatic carbocycles. The van der Waals surface area contributed by atoms with Crippen LogP contribution in [-0.4, -0.2) is 19.5 Å². The van der Waals surface area contributed by atoms with Gasteiger partial charge in [0.25, 0.3) is 0 Å². The van der Waals surface area contributed by atoms with Crippen LogP contribution < -0.4 is 5.73 Å². The topological polar surface area (TPSA) is 65.1 Å². The van der Waals surface area contributed by atoms with Gasteiger partial charge in [-0.1, -0.05) is 17.7 Å². The largest absolute Gasteiger partial charge is 0.350 e. The fraction of sp³-hybridized carbons (Fsp3) is 0.222. The summed E-state index contributed by atoms with van der Waals surface area (Å²) in [4.78, 5) is 0.636. The fourth-order valence-corrected chi connectivity index (χ4v) is 4.11. The van der Waals surface area contributed by atoms with Crippen LogP contribution in [0.25, 0.3) is 10.9 Å². The number of fused-ring (bicyclic) bond motifs is 1. The Bertz CT molecular complexity index is 955. The van der Waals surface area contributed by atoms with Crippen molar-refractivity contribution in [1.29, 1.82) is 0 Å². The highest BCUT2D eigenvalue weighted by Crippen LogP contribution is 2.28. The Morgan fingerprint density at radius 2 is 1.70 bits per heavy atom. The molecule has 0 radical (unpaired) electrons. The van der Waals surface area contributed by atoms with Crippen molar-refractivity contribution in [3.05, 3.63) is 59.8 Å². The fourth-order valence-electron chi connectivity index (χ4n) is 2.83. The molecule has 3 aromatic rings. The molecule has 1 heterocycles. The molecule has 5 heteroatoms. The van der Waals surface area contributed by atoms with E-state index in [4.69, 9.17) is 5.73 Å². The zero-order valence-corrected chi connectivity index (χ0v) is 14.1. The predicted octanol–water partition coefficient (Wildman–Crippen LogP) is 2.82. The molecule has 0 amide bonds. The quantitative estimate of drug-likeness (QED) is 0.801. The van der Waals surface area contributed by atoms with Gasteiger partial charge < -0.3 is 10.3 Å². The predicted molar refractivity (Wildman–Crippen MR) is 92.3 cm³/mol. The smallest absolute Gasteiger partial charge is 0.206 e. The van der Waals surface area contributed by atoms with Crippen molar-refractivity contribution in [2.45, 2.75) is 23.1 Å². The lowest BCUT2D eigenvalue weighted by Gasteiger charge is -2.06. The first kappa shape index (κ1) is 15.8. The lowest BCUT2D eigenvalue weighted by Crippen LogP contribution is -2.03. The molecule has 0 aliphatic heterocycles. The van der Waals surface area contributed by atoms with E-state index < -0.39 is 9.84 Å². The molecular weight excluding hydrogens is 308 g/mol. The van der Waals surface area contributed by atoms with Gasteiger partial charge in [-0.25, -0.2) is 8.42 Å². The number of aryl methyl sites for hydroxylation is 2. The van der Waals surface area contributed by atoms with Crippen LogP contribution >= 0.6 is 0 Å². The van der Waals surface area contributed by atoms with Crippen molar-refractivity contribution < 1.29 is 8.42 Å².